The molecule has 0 aliphatic heterocycles. The maximum Gasteiger partial charge on any atom is 0.573 e. The second-order valence-corrected chi connectivity index (χ2v) is 5.83. The van der Waals surface area contributed by atoms with E-state index in [-0.39, 0.29) is 12.1 Å². The summed E-state index contributed by atoms with van der Waals surface area (Å²) in [4.78, 5) is 20.6. The van der Waals surface area contributed by atoms with E-state index in [2.05, 4.69) is 25.1 Å². The van der Waals surface area contributed by atoms with Crippen LogP contribution in [-0.4, -0.2) is 31.9 Å². The first-order valence-corrected chi connectivity index (χ1v) is 8.05. The van der Waals surface area contributed by atoms with Crippen molar-refractivity contribution in [3.05, 3.63) is 47.5 Å². The van der Waals surface area contributed by atoms with Crippen LogP contribution in [0.4, 0.5) is 18.9 Å². The van der Waals surface area contributed by atoms with Gasteiger partial charge in [0.15, 0.2) is 5.75 Å². The van der Waals surface area contributed by atoms with E-state index in [1.54, 1.807) is 11.4 Å². The number of alkyl halides is 3. The topological polar surface area (TPSA) is 81.4 Å². The lowest BCUT2D eigenvalue weighted by molar-refractivity contribution is -0.274. The number of carbonyl (C=O) groups is 1. The molecule has 3 aromatic rings. The molecule has 0 saturated carbocycles. The maximum absolute atomic E-state index is 12.5. The van der Waals surface area contributed by atoms with Crippen LogP contribution in [0, 0.1) is 13.8 Å². The van der Waals surface area contributed by atoms with Gasteiger partial charge >= 0.3 is 6.36 Å². The molecule has 27 heavy (non-hydrogen) atoms. The van der Waals surface area contributed by atoms with Crippen molar-refractivity contribution >= 4 is 17.4 Å². The van der Waals surface area contributed by atoms with Crippen molar-refractivity contribution in [3.63, 3.8) is 0 Å². The van der Waals surface area contributed by atoms with Gasteiger partial charge in [-0.1, -0.05) is 12.1 Å². The first kappa shape index (κ1) is 18.6. The first-order valence-electron chi connectivity index (χ1n) is 8.05. The quantitative estimate of drug-likeness (QED) is 0.736. The molecule has 142 valence electrons. The van der Waals surface area contributed by atoms with Crippen LogP contribution in [0.15, 0.2) is 30.6 Å². The molecule has 3 rings (SSSR count). The number of amides is 1. The predicted octanol–water partition coefficient (Wildman–Crippen LogP) is 3.21. The number of aromatic nitrogens is 4. The Bertz CT molecular complexity index is 984. The van der Waals surface area contributed by atoms with Crippen molar-refractivity contribution in [1.29, 1.82) is 0 Å². The van der Waals surface area contributed by atoms with Crippen molar-refractivity contribution in [2.75, 3.05) is 5.32 Å². The molecule has 0 aliphatic carbocycles. The molecule has 0 radical (unpaired) electrons. The number of aryl methyl sites for hydroxylation is 2. The van der Waals surface area contributed by atoms with Crippen LogP contribution in [0.1, 0.15) is 23.4 Å². The minimum absolute atomic E-state index is 0.0434. The highest BCUT2D eigenvalue weighted by Gasteiger charge is 2.32. The van der Waals surface area contributed by atoms with Gasteiger partial charge in [-0.25, -0.2) is 9.50 Å². The minimum Gasteiger partial charge on any atom is -0.404 e. The van der Waals surface area contributed by atoms with E-state index in [0.29, 0.717) is 12.2 Å². The Labute approximate surface area is 152 Å². The third-order valence-electron chi connectivity index (χ3n) is 3.98. The number of benzene rings is 1. The zero-order chi connectivity index (χ0) is 19.6. The lowest BCUT2D eigenvalue weighted by Crippen LogP contribution is -2.20. The number of para-hydroxylation sites is 2. The summed E-state index contributed by atoms with van der Waals surface area (Å²) >= 11 is 0. The third kappa shape index (κ3) is 4.33. The number of rotatable bonds is 5. The number of halogens is 3. The second kappa shape index (κ2) is 7.22. The average Bonchev–Trinajstić information content (AvgIpc) is 3.03. The van der Waals surface area contributed by atoms with Crippen molar-refractivity contribution in [3.8, 4) is 5.75 Å². The lowest BCUT2D eigenvalue weighted by atomic mass is 10.1. The number of carbonyl (C=O) groups excluding carboxylic acids is 1. The maximum atomic E-state index is 12.5. The van der Waals surface area contributed by atoms with Crippen molar-refractivity contribution in [2.45, 2.75) is 33.1 Å². The van der Waals surface area contributed by atoms with E-state index in [1.807, 2.05) is 6.92 Å². The summed E-state index contributed by atoms with van der Waals surface area (Å²) < 4.78 is 42.9. The monoisotopic (exact) mass is 379 g/mol. The van der Waals surface area contributed by atoms with Crippen LogP contribution in [0.5, 0.6) is 5.75 Å². The summed E-state index contributed by atoms with van der Waals surface area (Å²) in [6.07, 6.45) is -3.03. The molecule has 7 nitrogen and oxygen atoms in total. The Balaban J connectivity index is 1.71. The Kier molecular flexibility index (Phi) is 4.98. The van der Waals surface area contributed by atoms with Gasteiger partial charge in [0.05, 0.1) is 5.69 Å². The van der Waals surface area contributed by atoms with Crippen molar-refractivity contribution in [2.24, 2.45) is 0 Å². The zero-order valence-electron chi connectivity index (χ0n) is 14.5. The standard InChI is InChI=1S/C17H16F3N5O2/c1-10-12(11(2)25-16(23-10)21-9-22-25)7-8-15(26)24-13-5-3-4-6-14(13)27-17(18,19)20/h3-6,9H,7-8H2,1-2H3,(H,24,26). The molecule has 1 N–H and O–H groups in total. The number of hydrogen-bond acceptors (Lipinski definition) is 5. The molecule has 0 bridgehead atoms. The Morgan fingerprint density at radius 1 is 1.26 bits per heavy atom. The molecule has 1 aromatic carbocycles. The van der Waals surface area contributed by atoms with Gasteiger partial charge in [-0.2, -0.15) is 10.1 Å². The van der Waals surface area contributed by atoms with E-state index in [1.165, 1.54) is 24.5 Å². The molecule has 10 heteroatoms. The van der Waals surface area contributed by atoms with Crippen molar-refractivity contribution < 1.29 is 22.7 Å². The molecule has 0 aliphatic rings. The Morgan fingerprint density at radius 3 is 2.74 bits per heavy atom. The van der Waals surface area contributed by atoms with Gasteiger partial charge in [-0.3, -0.25) is 4.79 Å². The molecule has 2 heterocycles. The summed E-state index contributed by atoms with van der Waals surface area (Å²) in [6.45, 7) is 3.65. The third-order valence-corrected chi connectivity index (χ3v) is 3.98. The molecular formula is C17H16F3N5O2. The van der Waals surface area contributed by atoms with E-state index in [9.17, 15) is 18.0 Å². The molecule has 0 unspecified atom stereocenters. The Morgan fingerprint density at radius 2 is 2.00 bits per heavy atom. The highest BCUT2D eigenvalue weighted by molar-refractivity contribution is 5.92. The first-order chi connectivity index (χ1) is 12.7. The van der Waals surface area contributed by atoms with Gasteiger partial charge in [0, 0.05) is 17.8 Å². The van der Waals surface area contributed by atoms with E-state index >= 15 is 0 Å². The van der Waals surface area contributed by atoms with Crippen LogP contribution in [-0.2, 0) is 11.2 Å². The normalized spacial score (nSPS) is 11.6. The van der Waals surface area contributed by atoms with Crippen LogP contribution in [0.25, 0.3) is 5.78 Å². The molecule has 0 atom stereocenters. The average molecular weight is 379 g/mol. The van der Waals surface area contributed by atoms with Crippen LogP contribution in [0.3, 0.4) is 0 Å². The number of ether oxygens (including phenoxy) is 1. The SMILES string of the molecule is Cc1nc2ncnn2c(C)c1CCC(=O)Nc1ccccc1OC(F)(F)F. The van der Waals surface area contributed by atoms with Gasteiger partial charge in [0.25, 0.3) is 5.78 Å². The Hall–Kier alpha value is -3.17. The summed E-state index contributed by atoms with van der Waals surface area (Å²) in [5.41, 5.74) is 2.33. The fourth-order valence-corrected chi connectivity index (χ4v) is 2.75. The number of hydrogen-bond donors (Lipinski definition) is 1. The molecule has 2 aromatic heterocycles. The van der Waals surface area contributed by atoms with Gasteiger partial charge in [0.1, 0.15) is 6.33 Å². The minimum atomic E-state index is -4.84. The van der Waals surface area contributed by atoms with Crippen LogP contribution in [0.2, 0.25) is 0 Å². The summed E-state index contributed by atoms with van der Waals surface area (Å²) in [7, 11) is 0. The molecule has 0 saturated heterocycles. The highest BCUT2D eigenvalue weighted by Crippen LogP contribution is 2.30. The van der Waals surface area contributed by atoms with Crippen LogP contribution >= 0.6 is 0 Å². The highest BCUT2D eigenvalue weighted by atomic mass is 19.4. The van der Waals surface area contributed by atoms with E-state index < -0.39 is 18.0 Å². The predicted molar refractivity (Wildman–Crippen MR) is 90.3 cm³/mol. The number of fused-ring (bicyclic) bond motifs is 1. The van der Waals surface area contributed by atoms with Gasteiger partial charge in [0.2, 0.25) is 5.91 Å². The smallest absolute Gasteiger partial charge is 0.404 e. The van der Waals surface area contributed by atoms with Gasteiger partial charge < -0.3 is 10.1 Å². The number of nitrogens with one attached hydrogen (secondary N) is 1. The summed E-state index contributed by atoms with van der Waals surface area (Å²) in [6, 6.07) is 5.39. The summed E-state index contributed by atoms with van der Waals surface area (Å²) in [5.74, 6) is -0.432. The van der Waals surface area contributed by atoms with Crippen LogP contribution < -0.4 is 10.1 Å². The zero-order valence-corrected chi connectivity index (χ0v) is 14.5. The molecule has 0 fully saturated rings. The second-order valence-electron chi connectivity index (χ2n) is 5.83. The molecule has 0 spiro atoms. The van der Waals surface area contributed by atoms with E-state index in [4.69, 9.17) is 0 Å². The van der Waals surface area contributed by atoms with Gasteiger partial charge in [-0.05, 0) is 38.0 Å². The van der Waals surface area contributed by atoms with Gasteiger partial charge in [-0.15, -0.1) is 13.2 Å². The molecular weight excluding hydrogens is 363 g/mol. The largest absolute Gasteiger partial charge is 0.573 e. The number of nitrogens with zero attached hydrogens (tertiary/aromatic N) is 4. The fraction of sp³-hybridized carbons (Fsp3) is 0.294. The summed E-state index contributed by atoms with van der Waals surface area (Å²) in [5, 5.41) is 6.54. The molecule has 1 amide bonds. The number of anilines is 1. The fourth-order valence-electron chi connectivity index (χ4n) is 2.75. The lowest BCUT2D eigenvalue weighted by Gasteiger charge is -2.14. The van der Waals surface area contributed by atoms with Crippen molar-refractivity contribution in [1.82, 2.24) is 19.6 Å². The van der Waals surface area contributed by atoms with E-state index in [0.717, 1.165) is 23.0 Å².